The first-order valence-electron chi connectivity index (χ1n) is 7.34. The molecule has 1 heterocycles. The molecule has 0 saturated carbocycles. The number of hydrogen-bond acceptors (Lipinski definition) is 4. The van der Waals surface area contributed by atoms with E-state index in [1.54, 1.807) is 18.2 Å². The fourth-order valence-electron chi connectivity index (χ4n) is 1.89. The molecule has 1 amide bonds. The third kappa shape index (κ3) is 4.70. The lowest BCUT2D eigenvalue weighted by Gasteiger charge is -2.07. The molecule has 22 heavy (non-hydrogen) atoms. The van der Waals surface area contributed by atoms with Gasteiger partial charge in [0.2, 0.25) is 0 Å². The number of benzene rings is 1. The number of amides is 1. The summed E-state index contributed by atoms with van der Waals surface area (Å²) in [6.45, 7) is 2.78. The Hall–Kier alpha value is -2.14. The van der Waals surface area contributed by atoms with Gasteiger partial charge < -0.3 is 10.6 Å². The fraction of sp³-hybridized carbons (Fsp3) is 0.312. The Morgan fingerprint density at radius 2 is 1.95 bits per heavy atom. The Morgan fingerprint density at radius 1 is 1.14 bits per heavy atom. The van der Waals surface area contributed by atoms with Crippen LogP contribution in [0, 0.1) is 0 Å². The molecule has 0 spiro atoms. The van der Waals surface area contributed by atoms with Crippen molar-refractivity contribution < 1.29 is 4.79 Å². The Kier molecular flexibility index (Phi) is 6.15. The SMILES string of the molecule is CCCCCNC(=O)c1ccc(Nc2ccccc2Cl)nn1. The van der Waals surface area contributed by atoms with Crippen molar-refractivity contribution in [2.45, 2.75) is 26.2 Å². The van der Waals surface area contributed by atoms with Crippen molar-refractivity contribution in [3.63, 3.8) is 0 Å². The molecule has 6 heteroatoms. The maximum atomic E-state index is 11.9. The number of aromatic nitrogens is 2. The van der Waals surface area contributed by atoms with E-state index in [1.807, 2.05) is 18.2 Å². The van der Waals surface area contributed by atoms with Crippen molar-refractivity contribution in [2.24, 2.45) is 0 Å². The number of rotatable bonds is 7. The van der Waals surface area contributed by atoms with Gasteiger partial charge in [-0.1, -0.05) is 43.5 Å². The highest BCUT2D eigenvalue weighted by Crippen LogP contribution is 2.23. The summed E-state index contributed by atoms with van der Waals surface area (Å²) in [5, 5.41) is 14.4. The number of hydrogen-bond donors (Lipinski definition) is 2. The molecule has 0 saturated heterocycles. The summed E-state index contributed by atoms with van der Waals surface area (Å²) < 4.78 is 0. The highest BCUT2D eigenvalue weighted by molar-refractivity contribution is 6.33. The van der Waals surface area contributed by atoms with Crippen LogP contribution in [-0.2, 0) is 0 Å². The predicted octanol–water partition coefficient (Wildman–Crippen LogP) is 3.79. The Labute approximate surface area is 135 Å². The highest BCUT2D eigenvalue weighted by Gasteiger charge is 2.08. The van der Waals surface area contributed by atoms with Gasteiger partial charge in [-0.05, 0) is 30.7 Å². The number of unbranched alkanes of at least 4 members (excludes halogenated alkanes) is 2. The first kappa shape index (κ1) is 16.2. The van der Waals surface area contributed by atoms with Crippen LogP contribution in [0.1, 0.15) is 36.7 Å². The van der Waals surface area contributed by atoms with E-state index in [2.05, 4.69) is 27.8 Å². The fourth-order valence-corrected chi connectivity index (χ4v) is 2.07. The molecule has 0 unspecified atom stereocenters. The van der Waals surface area contributed by atoms with Gasteiger partial charge >= 0.3 is 0 Å². The summed E-state index contributed by atoms with van der Waals surface area (Å²) in [7, 11) is 0. The number of halogens is 1. The zero-order valence-corrected chi connectivity index (χ0v) is 13.2. The van der Waals surface area contributed by atoms with Gasteiger partial charge in [0.25, 0.3) is 5.91 Å². The predicted molar refractivity (Wildman–Crippen MR) is 88.6 cm³/mol. The molecule has 0 radical (unpaired) electrons. The first-order chi connectivity index (χ1) is 10.7. The van der Waals surface area contributed by atoms with E-state index in [9.17, 15) is 4.79 Å². The molecule has 0 aliphatic rings. The molecule has 116 valence electrons. The number of anilines is 2. The van der Waals surface area contributed by atoms with Crippen LogP contribution >= 0.6 is 11.6 Å². The number of para-hydroxylation sites is 1. The second kappa shape index (κ2) is 8.34. The largest absolute Gasteiger partial charge is 0.351 e. The quantitative estimate of drug-likeness (QED) is 0.762. The van der Waals surface area contributed by atoms with E-state index >= 15 is 0 Å². The zero-order valence-electron chi connectivity index (χ0n) is 12.5. The minimum absolute atomic E-state index is 0.201. The number of carbonyl (C=O) groups excluding carboxylic acids is 1. The highest BCUT2D eigenvalue weighted by atomic mass is 35.5. The lowest BCUT2D eigenvalue weighted by molar-refractivity contribution is 0.0947. The lowest BCUT2D eigenvalue weighted by Crippen LogP contribution is -2.25. The Balaban J connectivity index is 1.92. The second-order valence-electron chi connectivity index (χ2n) is 4.87. The standard InChI is InChI=1S/C16H19ClN4O/c1-2-3-6-11-18-16(22)14-9-10-15(21-20-14)19-13-8-5-4-7-12(13)17/h4-5,7-10H,2-3,6,11H2,1H3,(H,18,22)(H,19,21). The van der Waals surface area contributed by atoms with E-state index in [0.29, 0.717) is 23.1 Å². The summed E-state index contributed by atoms with van der Waals surface area (Å²) >= 11 is 6.06. The van der Waals surface area contributed by atoms with Crippen molar-refractivity contribution in [3.8, 4) is 0 Å². The van der Waals surface area contributed by atoms with Crippen LogP contribution in [0.2, 0.25) is 5.02 Å². The van der Waals surface area contributed by atoms with E-state index in [-0.39, 0.29) is 5.91 Å². The molecule has 1 aromatic carbocycles. The van der Waals surface area contributed by atoms with E-state index in [4.69, 9.17) is 11.6 Å². The summed E-state index contributed by atoms with van der Waals surface area (Å²) in [4.78, 5) is 11.9. The second-order valence-corrected chi connectivity index (χ2v) is 5.28. The Morgan fingerprint density at radius 3 is 2.64 bits per heavy atom. The Bertz CT molecular complexity index is 616. The smallest absolute Gasteiger partial charge is 0.271 e. The van der Waals surface area contributed by atoms with Gasteiger partial charge in [-0.15, -0.1) is 10.2 Å². The molecule has 1 aromatic heterocycles. The molecular weight excluding hydrogens is 300 g/mol. The zero-order chi connectivity index (χ0) is 15.8. The monoisotopic (exact) mass is 318 g/mol. The number of nitrogens with zero attached hydrogens (tertiary/aromatic N) is 2. The van der Waals surface area contributed by atoms with Gasteiger partial charge in [0, 0.05) is 6.54 Å². The average Bonchev–Trinajstić information content (AvgIpc) is 2.54. The molecule has 0 aliphatic heterocycles. The first-order valence-corrected chi connectivity index (χ1v) is 7.72. The molecule has 2 aromatic rings. The van der Waals surface area contributed by atoms with Crippen LogP contribution in [0.5, 0.6) is 0 Å². The topological polar surface area (TPSA) is 66.9 Å². The minimum Gasteiger partial charge on any atom is -0.351 e. The van der Waals surface area contributed by atoms with E-state index < -0.39 is 0 Å². The molecule has 2 N–H and O–H groups in total. The summed E-state index contributed by atoms with van der Waals surface area (Å²) in [5.41, 5.74) is 1.05. The van der Waals surface area contributed by atoms with Crippen molar-refractivity contribution in [2.75, 3.05) is 11.9 Å². The van der Waals surface area contributed by atoms with Gasteiger partial charge in [0.05, 0.1) is 10.7 Å². The van der Waals surface area contributed by atoms with Crippen LogP contribution in [0.25, 0.3) is 0 Å². The van der Waals surface area contributed by atoms with Crippen molar-refractivity contribution in [3.05, 3.63) is 47.1 Å². The van der Waals surface area contributed by atoms with E-state index in [0.717, 1.165) is 24.9 Å². The number of carbonyl (C=O) groups is 1. The maximum absolute atomic E-state index is 11.9. The van der Waals surface area contributed by atoms with Crippen LogP contribution in [0.4, 0.5) is 11.5 Å². The van der Waals surface area contributed by atoms with Gasteiger partial charge in [0.1, 0.15) is 0 Å². The van der Waals surface area contributed by atoms with Gasteiger partial charge in [0.15, 0.2) is 11.5 Å². The lowest BCUT2D eigenvalue weighted by atomic mass is 10.2. The summed E-state index contributed by atoms with van der Waals surface area (Å²) in [6.07, 6.45) is 3.20. The molecule has 0 fully saturated rings. The van der Waals surface area contributed by atoms with Crippen molar-refractivity contribution in [1.29, 1.82) is 0 Å². The molecule has 0 bridgehead atoms. The molecular formula is C16H19ClN4O. The molecule has 0 atom stereocenters. The number of nitrogens with one attached hydrogen (secondary N) is 2. The third-order valence-electron chi connectivity index (χ3n) is 3.10. The van der Waals surface area contributed by atoms with Gasteiger partial charge in [-0.3, -0.25) is 4.79 Å². The summed E-state index contributed by atoms with van der Waals surface area (Å²) in [6, 6.07) is 10.7. The molecule has 5 nitrogen and oxygen atoms in total. The van der Waals surface area contributed by atoms with Crippen LogP contribution in [0.3, 0.4) is 0 Å². The normalized spacial score (nSPS) is 10.3. The van der Waals surface area contributed by atoms with Crippen LogP contribution in [-0.4, -0.2) is 22.6 Å². The maximum Gasteiger partial charge on any atom is 0.271 e. The van der Waals surface area contributed by atoms with Gasteiger partial charge in [-0.25, -0.2) is 0 Å². The van der Waals surface area contributed by atoms with Crippen molar-refractivity contribution >= 4 is 29.0 Å². The average molecular weight is 319 g/mol. The van der Waals surface area contributed by atoms with Crippen LogP contribution in [0.15, 0.2) is 36.4 Å². The summed E-state index contributed by atoms with van der Waals surface area (Å²) in [5.74, 6) is 0.337. The van der Waals surface area contributed by atoms with Crippen molar-refractivity contribution in [1.82, 2.24) is 15.5 Å². The molecule has 0 aliphatic carbocycles. The van der Waals surface area contributed by atoms with E-state index in [1.165, 1.54) is 0 Å². The van der Waals surface area contributed by atoms with Crippen LogP contribution < -0.4 is 10.6 Å². The third-order valence-corrected chi connectivity index (χ3v) is 3.43. The minimum atomic E-state index is -0.201. The molecule has 2 rings (SSSR count). The van der Waals surface area contributed by atoms with Gasteiger partial charge in [-0.2, -0.15) is 0 Å².